The summed E-state index contributed by atoms with van der Waals surface area (Å²) in [6, 6.07) is 2.95. The predicted octanol–water partition coefficient (Wildman–Crippen LogP) is 2.56. The normalized spacial score (nSPS) is 19.9. The lowest BCUT2D eigenvalue weighted by atomic mass is 10.1. The summed E-state index contributed by atoms with van der Waals surface area (Å²) in [4.78, 5) is 11.4. The van der Waals surface area contributed by atoms with Crippen LogP contribution in [0.5, 0.6) is 0 Å². The average Bonchev–Trinajstić information content (AvgIpc) is 2.86. The van der Waals surface area contributed by atoms with E-state index < -0.39 is 16.0 Å². The van der Waals surface area contributed by atoms with Crippen molar-refractivity contribution in [3.8, 4) is 0 Å². The zero-order chi connectivity index (χ0) is 15.8. The molecule has 1 N–H and O–H groups in total. The number of hydrogen-bond acceptors (Lipinski definition) is 3. The quantitative estimate of drug-likeness (QED) is 0.927. The first-order chi connectivity index (χ1) is 9.78. The molecule has 0 bridgehead atoms. The summed E-state index contributed by atoms with van der Waals surface area (Å²) in [5, 5.41) is 9.20. The minimum absolute atomic E-state index is 0.0176. The van der Waals surface area contributed by atoms with Gasteiger partial charge in [0.25, 0.3) is 0 Å². The Bertz CT molecular complexity index is 666. The number of carboxylic acid groups (broad SMARTS) is 1. The van der Waals surface area contributed by atoms with Crippen molar-refractivity contribution in [2.75, 3.05) is 6.54 Å². The first-order valence-electron chi connectivity index (χ1n) is 7.15. The molecule has 21 heavy (non-hydrogen) atoms. The Hall–Kier alpha value is -1.40. The summed E-state index contributed by atoms with van der Waals surface area (Å²) >= 11 is 0. The topological polar surface area (TPSA) is 74.7 Å². The fourth-order valence-corrected chi connectivity index (χ4v) is 5.00. The molecule has 0 aliphatic carbocycles. The van der Waals surface area contributed by atoms with Crippen LogP contribution in [0.4, 0.5) is 0 Å². The van der Waals surface area contributed by atoms with E-state index in [2.05, 4.69) is 0 Å². The number of hydrogen-bond donors (Lipinski definition) is 1. The van der Waals surface area contributed by atoms with Crippen molar-refractivity contribution < 1.29 is 18.3 Å². The molecule has 1 aromatic carbocycles. The summed E-state index contributed by atoms with van der Waals surface area (Å²) in [6.07, 6.45) is 2.50. The lowest BCUT2D eigenvalue weighted by molar-refractivity contribution is 0.0696. The fraction of sp³-hybridized carbons (Fsp3) is 0.533. The van der Waals surface area contributed by atoms with Crippen LogP contribution in [0.25, 0.3) is 0 Å². The molecule has 1 unspecified atom stereocenters. The zero-order valence-corrected chi connectivity index (χ0v) is 13.4. The second kappa shape index (κ2) is 5.77. The highest BCUT2D eigenvalue weighted by molar-refractivity contribution is 7.89. The highest BCUT2D eigenvalue weighted by Crippen LogP contribution is 2.30. The molecule has 0 saturated carbocycles. The lowest BCUT2D eigenvalue weighted by Crippen LogP contribution is -2.35. The van der Waals surface area contributed by atoms with E-state index in [0.717, 1.165) is 19.3 Å². The van der Waals surface area contributed by atoms with Crippen LogP contribution >= 0.6 is 0 Å². The monoisotopic (exact) mass is 311 g/mol. The molecule has 6 heteroatoms. The first-order valence-corrected chi connectivity index (χ1v) is 8.59. The summed E-state index contributed by atoms with van der Waals surface area (Å²) in [6.45, 7) is 5.87. The van der Waals surface area contributed by atoms with Crippen molar-refractivity contribution in [2.45, 2.75) is 51.0 Å². The number of sulfonamides is 1. The van der Waals surface area contributed by atoms with E-state index in [1.54, 1.807) is 19.9 Å². The second-order valence-corrected chi connectivity index (χ2v) is 7.42. The third-order valence-electron chi connectivity index (χ3n) is 4.13. The van der Waals surface area contributed by atoms with E-state index in [0.29, 0.717) is 17.7 Å². The molecule has 1 heterocycles. The Morgan fingerprint density at radius 2 is 2.00 bits per heavy atom. The molecular weight excluding hydrogens is 290 g/mol. The molecule has 1 aromatic rings. The summed E-state index contributed by atoms with van der Waals surface area (Å²) in [5.41, 5.74) is 1.22. The van der Waals surface area contributed by atoms with Crippen LogP contribution in [0.15, 0.2) is 17.0 Å². The maximum Gasteiger partial charge on any atom is 0.335 e. The van der Waals surface area contributed by atoms with Crippen molar-refractivity contribution in [1.82, 2.24) is 4.31 Å². The van der Waals surface area contributed by atoms with Gasteiger partial charge in [-0.2, -0.15) is 4.31 Å². The van der Waals surface area contributed by atoms with Crippen LogP contribution in [0.3, 0.4) is 0 Å². The van der Waals surface area contributed by atoms with Crippen LogP contribution in [-0.4, -0.2) is 36.4 Å². The van der Waals surface area contributed by atoms with Gasteiger partial charge in [0.1, 0.15) is 0 Å². The van der Waals surface area contributed by atoms with Gasteiger partial charge in [0, 0.05) is 12.6 Å². The van der Waals surface area contributed by atoms with Gasteiger partial charge in [-0.3, -0.25) is 0 Å². The van der Waals surface area contributed by atoms with E-state index in [-0.39, 0.29) is 16.5 Å². The molecule has 0 aromatic heterocycles. The highest BCUT2D eigenvalue weighted by atomic mass is 32.2. The standard InChI is InChI=1S/C15H21NO4S/c1-4-12-6-5-7-16(12)21(19,20)14-9-13(15(17)18)10(2)8-11(14)3/h8-9,12H,4-7H2,1-3H3,(H,17,18). The summed E-state index contributed by atoms with van der Waals surface area (Å²) in [7, 11) is -3.63. The maximum atomic E-state index is 12.8. The van der Waals surface area contributed by atoms with Crippen LogP contribution in [0.1, 0.15) is 47.7 Å². The minimum atomic E-state index is -3.63. The predicted molar refractivity (Wildman–Crippen MR) is 80.1 cm³/mol. The van der Waals surface area contributed by atoms with E-state index >= 15 is 0 Å². The number of carbonyl (C=O) groups is 1. The van der Waals surface area contributed by atoms with E-state index in [4.69, 9.17) is 0 Å². The lowest BCUT2D eigenvalue weighted by Gasteiger charge is -2.24. The van der Waals surface area contributed by atoms with E-state index in [1.165, 1.54) is 10.4 Å². The van der Waals surface area contributed by atoms with Gasteiger partial charge in [0.15, 0.2) is 0 Å². The number of carboxylic acids is 1. The van der Waals surface area contributed by atoms with Gasteiger partial charge in [0.2, 0.25) is 10.0 Å². The molecule has 1 saturated heterocycles. The van der Waals surface area contributed by atoms with Gasteiger partial charge in [-0.25, -0.2) is 13.2 Å². The number of aryl methyl sites for hydroxylation is 2. The molecule has 1 fully saturated rings. The van der Waals surface area contributed by atoms with Crippen LogP contribution in [0.2, 0.25) is 0 Å². The van der Waals surface area contributed by atoms with Gasteiger partial charge in [0.05, 0.1) is 10.5 Å². The molecule has 2 rings (SSSR count). The molecule has 116 valence electrons. The van der Waals surface area contributed by atoms with Gasteiger partial charge < -0.3 is 5.11 Å². The zero-order valence-electron chi connectivity index (χ0n) is 12.6. The number of aromatic carboxylic acids is 1. The Balaban J connectivity index is 2.54. The molecule has 0 radical (unpaired) electrons. The number of benzene rings is 1. The van der Waals surface area contributed by atoms with Crippen molar-refractivity contribution in [2.24, 2.45) is 0 Å². The van der Waals surface area contributed by atoms with Crippen molar-refractivity contribution in [1.29, 1.82) is 0 Å². The third kappa shape index (κ3) is 2.82. The smallest absolute Gasteiger partial charge is 0.335 e. The molecule has 1 aliphatic heterocycles. The van der Waals surface area contributed by atoms with Crippen molar-refractivity contribution >= 4 is 16.0 Å². The Kier molecular flexibility index (Phi) is 4.39. The fourth-order valence-electron chi connectivity index (χ4n) is 3.00. The second-order valence-electron chi connectivity index (χ2n) is 5.56. The Morgan fingerprint density at radius 1 is 1.33 bits per heavy atom. The van der Waals surface area contributed by atoms with Gasteiger partial charge >= 0.3 is 5.97 Å². The number of nitrogens with zero attached hydrogens (tertiary/aromatic N) is 1. The highest BCUT2D eigenvalue weighted by Gasteiger charge is 2.35. The third-order valence-corrected chi connectivity index (χ3v) is 6.23. The van der Waals surface area contributed by atoms with Gasteiger partial charge in [-0.15, -0.1) is 0 Å². The summed E-state index contributed by atoms with van der Waals surface area (Å²) < 4.78 is 27.2. The average molecular weight is 311 g/mol. The molecular formula is C15H21NO4S. The van der Waals surface area contributed by atoms with E-state index in [1.807, 2.05) is 6.92 Å². The van der Waals surface area contributed by atoms with Gasteiger partial charge in [-0.1, -0.05) is 13.0 Å². The molecule has 0 amide bonds. The molecule has 0 spiro atoms. The molecule has 5 nitrogen and oxygen atoms in total. The number of rotatable bonds is 4. The molecule has 1 aliphatic rings. The van der Waals surface area contributed by atoms with Crippen molar-refractivity contribution in [3.05, 3.63) is 28.8 Å². The minimum Gasteiger partial charge on any atom is -0.478 e. The summed E-state index contributed by atoms with van der Waals surface area (Å²) in [5.74, 6) is -1.10. The Labute approximate surface area is 125 Å². The van der Waals surface area contributed by atoms with Crippen molar-refractivity contribution in [3.63, 3.8) is 0 Å². The maximum absolute atomic E-state index is 12.8. The largest absolute Gasteiger partial charge is 0.478 e. The van der Waals surface area contributed by atoms with E-state index in [9.17, 15) is 18.3 Å². The van der Waals surface area contributed by atoms with Crippen LogP contribution < -0.4 is 0 Å². The van der Waals surface area contributed by atoms with Crippen LogP contribution in [0, 0.1) is 13.8 Å². The first kappa shape index (κ1) is 16.0. The SMILES string of the molecule is CCC1CCCN1S(=O)(=O)c1cc(C(=O)O)c(C)cc1C. The van der Waals surface area contributed by atoms with Gasteiger partial charge in [-0.05, 0) is 50.3 Å². The van der Waals surface area contributed by atoms with Crippen LogP contribution in [-0.2, 0) is 10.0 Å². The molecule has 1 atom stereocenters. The Morgan fingerprint density at radius 3 is 2.57 bits per heavy atom.